The minimum atomic E-state index is -3.79. The molecule has 186 valence electrons. The van der Waals surface area contributed by atoms with E-state index in [0.717, 1.165) is 22.5 Å². The van der Waals surface area contributed by atoms with E-state index < -0.39 is 28.5 Å². The molecule has 0 saturated heterocycles. The van der Waals surface area contributed by atoms with E-state index in [1.165, 1.54) is 4.90 Å². The molecule has 2 aromatic rings. The normalized spacial score (nSPS) is 12.2. The molecule has 0 saturated carbocycles. The molecule has 1 N–H and O–H groups in total. The van der Waals surface area contributed by atoms with E-state index in [2.05, 4.69) is 5.32 Å². The Bertz CT molecular complexity index is 1150. The lowest BCUT2D eigenvalue weighted by Gasteiger charge is -2.32. The summed E-state index contributed by atoms with van der Waals surface area (Å²) in [6.45, 7) is 7.18. The summed E-state index contributed by atoms with van der Waals surface area (Å²) >= 11 is 12.3. The van der Waals surface area contributed by atoms with Gasteiger partial charge >= 0.3 is 0 Å². The van der Waals surface area contributed by atoms with Gasteiger partial charge in [-0.1, -0.05) is 48.3 Å². The monoisotopic (exact) mass is 527 g/mol. The lowest BCUT2D eigenvalue weighted by atomic mass is 10.1. The van der Waals surface area contributed by atoms with Crippen LogP contribution < -0.4 is 9.62 Å². The second kappa shape index (κ2) is 11.9. The number of nitrogens with one attached hydrogen (secondary N) is 1. The van der Waals surface area contributed by atoms with E-state index in [0.29, 0.717) is 33.4 Å². The number of nitrogens with zero attached hydrogens (tertiary/aromatic N) is 2. The highest BCUT2D eigenvalue weighted by Gasteiger charge is 2.30. The Morgan fingerprint density at radius 3 is 2.35 bits per heavy atom. The van der Waals surface area contributed by atoms with Crippen LogP contribution in [0.1, 0.15) is 37.0 Å². The third-order valence-corrected chi connectivity index (χ3v) is 7.10. The summed E-state index contributed by atoms with van der Waals surface area (Å²) in [4.78, 5) is 27.6. The van der Waals surface area contributed by atoms with Crippen molar-refractivity contribution in [2.24, 2.45) is 0 Å². The van der Waals surface area contributed by atoms with E-state index in [1.807, 2.05) is 19.9 Å². The standard InChI is InChI=1S/C24H31Cl2N3O4S/c1-6-11-27-24(31)18(4)28(14-19-9-10-20(25)13-21(19)26)23(30)15-29(34(5,32)33)22-12-16(2)7-8-17(22)3/h7-10,12-13,18H,6,11,14-15H2,1-5H3,(H,27,31). The number of anilines is 1. The van der Waals surface area contributed by atoms with Crippen molar-refractivity contribution in [2.75, 3.05) is 23.7 Å². The first-order valence-corrected chi connectivity index (χ1v) is 13.5. The average molecular weight is 529 g/mol. The van der Waals surface area contributed by atoms with Crippen molar-refractivity contribution in [2.45, 2.75) is 46.7 Å². The molecular weight excluding hydrogens is 497 g/mol. The molecular formula is C24H31Cl2N3O4S. The van der Waals surface area contributed by atoms with Crippen LogP contribution in [0.25, 0.3) is 0 Å². The lowest BCUT2D eigenvalue weighted by molar-refractivity contribution is -0.139. The average Bonchev–Trinajstić information content (AvgIpc) is 2.75. The number of rotatable bonds is 10. The summed E-state index contributed by atoms with van der Waals surface area (Å²) in [7, 11) is -3.79. The van der Waals surface area contributed by atoms with Gasteiger partial charge in [-0.3, -0.25) is 13.9 Å². The minimum absolute atomic E-state index is 0.0138. The molecule has 2 amide bonds. The molecule has 10 heteroatoms. The summed E-state index contributed by atoms with van der Waals surface area (Å²) in [6, 6.07) is 9.43. The van der Waals surface area contributed by atoms with Gasteiger partial charge in [0.2, 0.25) is 21.8 Å². The number of aryl methyl sites for hydroxylation is 2. The second-order valence-corrected chi connectivity index (χ2v) is 11.0. The maximum absolute atomic E-state index is 13.5. The van der Waals surface area contributed by atoms with Gasteiger partial charge in [-0.15, -0.1) is 0 Å². The van der Waals surface area contributed by atoms with Gasteiger partial charge in [0.25, 0.3) is 0 Å². The predicted molar refractivity (Wildman–Crippen MR) is 138 cm³/mol. The van der Waals surface area contributed by atoms with Crippen molar-refractivity contribution in [1.29, 1.82) is 0 Å². The zero-order valence-electron chi connectivity index (χ0n) is 20.1. The molecule has 34 heavy (non-hydrogen) atoms. The van der Waals surface area contributed by atoms with Gasteiger partial charge in [-0.05, 0) is 62.1 Å². The van der Waals surface area contributed by atoms with Crippen molar-refractivity contribution in [3.63, 3.8) is 0 Å². The fourth-order valence-electron chi connectivity index (χ4n) is 3.39. The van der Waals surface area contributed by atoms with Gasteiger partial charge in [0.1, 0.15) is 12.6 Å². The molecule has 0 spiro atoms. The number of benzene rings is 2. The minimum Gasteiger partial charge on any atom is -0.354 e. The summed E-state index contributed by atoms with van der Waals surface area (Å²) in [5.74, 6) is -0.866. The highest BCUT2D eigenvalue weighted by Crippen LogP contribution is 2.26. The summed E-state index contributed by atoms with van der Waals surface area (Å²) in [5, 5.41) is 3.58. The van der Waals surface area contributed by atoms with E-state index in [1.54, 1.807) is 44.2 Å². The Kier molecular flexibility index (Phi) is 9.79. The Hall–Kier alpha value is -2.29. The molecule has 0 aromatic heterocycles. The molecule has 2 aromatic carbocycles. The third-order valence-electron chi connectivity index (χ3n) is 5.38. The Morgan fingerprint density at radius 1 is 1.09 bits per heavy atom. The first kappa shape index (κ1) is 28.0. The van der Waals surface area contributed by atoms with Gasteiger partial charge < -0.3 is 10.2 Å². The van der Waals surface area contributed by atoms with E-state index in [4.69, 9.17) is 23.2 Å². The van der Waals surface area contributed by atoms with Gasteiger partial charge in [0, 0.05) is 23.1 Å². The van der Waals surface area contributed by atoms with Crippen molar-refractivity contribution >= 4 is 50.7 Å². The fraction of sp³-hybridized carbons (Fsp3) is 0.417. The largest absolute Gasteiger partial charge is 0.354 e. The molecule has 1 atom stereocenters. The lowest BCUT2D eigenvalue weighted by Crippen LogP contribution is -2.51. The van der Waals surface area contributed by atoms with Crippen LogP contribution in [0, 0.1) is 13.8 Å². The number of amides is 2. The summed E-state index contributed by atoms with van der Waals surface area (Å²) in [6.07, 6.45) is 1.80. The summed E-state index contributed by atoms with van der Waals surface area (Å²) in [5.41, 5.74) is 2.58. The molecule has 1 unspecified atom stereocenters. The number of hydrogen-bond acceptors (Lipinski definition) is 4. The highest BCUT2D eigenvalue weighted by molar-refractivity contribution is 7.92. The molecule has 0 aliphatic carbocycles. The maximum Gasteiger partial charge on any atom is 0.244 e. The molecule has 0 aliphatic heterocycles. The van der Waals surface area contributed by atoms with Crippen LogP contribution in [0.3, 0.4) is 0 Å². The second-order valence-electron chi connectivity index (χ2n) is 8.28. The van der Waals surface area contributed by atoms with Crippen LogP contribution in [0.2, 0.25) is 10.0 Å². The third kappa shape index (κ3) is 7.35. The number of carbonyl (C=O) groups excluding carboxylic acids is 2. The quantitative estimate of drug-likeness (QED) is 0.498. The van der Waals surface area contributed by atoms with E-state index in [-0.39, 0.29) is 12.5 Å². The van der Waals surface area contributed by atoms with E-state index >= 15 is 0 Å². The van der Waals surface area contributed by atoms with Crippen LogP contribution >= 0.6 is 23.2 Å². The van der Waals surface area contributed by atoms with Crippen LogP contribution in [-0.4, -0.2) is 50.5 Å². The smallest absolute Gasteiger partial charge is 0.244 e. The molecule has 0 heterocycles. The fourth-order valence-corrected chi connectivity index (χ4v) is 4.76. The van der Waals surface area contributed by atoms with Crippen molar-refractivity contribution in [1.82, 2.24) is 10.2 Å². The number of carbonyl (C=O) groups is 2. The molecule has 0 aliphatic rings. The number of halogens is 2. The van der Waals surface area contributed by atoms with Crippen LogP contribution in [-0.2, 0) is 26.2 Å². The summed E-state index contributed by atoms with van der Waals surface area (Å²) < 4.78 is 26.5. The molecule has 7 nitrogen and oxygen atoms in total. The molecule has 0 bridgehead atoms. The van der Waals surface area contributed by atoms with Gasteiger partial charge in [-0.25, -0.2) is 8.42 Å². The molecule has 2 rings (SSSR count). The Morgan fingerprint density at radius 2 is 1.76 bits per heavy atom. The molecule has 0 radical (unpaired) electrons. The van der Waals surface area contributed by atoms with Gasteiger partial charge in [-0.2, -0.15) is 0 Å². The van der Waals surface area contributed by atoms with Crippen LogP contribution in [0.5, 0.6) is 0 Å². The predicted octanol–water partition coefficient (Wildman–Crippen LogP) is 4.32. The van der Waals surface area contributed by atoms with E-state index in [9.17, 15) is 18.0 Å². The zero-order valence-corrected chi connectivity index (χ0v) is 22.4. The topological polar surface area (TPSA) is 86.8 Å². The van der Waals surface area contributed by atoms with Crippen LogP contribution in [0.15, 0.2) is 36.4 Å². The SMILES string of the molecule is CCCNC(=O)C(C)N(Cc1ccc(Cl)cc1Cl)C(=O)CN(c1cc(C)ccc1C)S(C)(=O)=O. The first-order valence-electron chi connectivity index (χ1n) is 10.9. The Balaban J connectivity index is 2.45. The maximum atomic E-state index is 13.5. The van der Waals surface area contributed by atoms with Gasteiger partial charge in [0.15, 0.2) is 0 Å². The van der Waals surface area contributed by atoms with Crippen molar-refractivity contribution < 1.29 is 18.0 Å². The van der Waals surface area contributed by atoms with Gasteiger partial charge in [0.05, 0.1) is 11.9 Å². The van der Waals surface area contributed by atoms with Crippen molar-refractivity contribution in [3.05, 3.63) is 63.1 Å². The van der Waals surface area contributed by atoms with Crippen molar-refractivity contribution in [3.8, 4) is 0 Å². The number of hydrogen-bond donors (Lipinski definition) is 1. The zero-order chi connectivity index (χ0) is 25.6. The highest BCUT2D eigenvalue weighted by atomic mass is 35.5. The molecule has 0 fully saturated rings. The number of sulfonamides is 1. The van der Waals surface area contributed by atoms with Crippen LogP contribution in [0.4, 0.5) is 5.69 Å². The Labute approximate surface area is 212 Å². The first-order chi connectivity index (χ1) is 15.8.